The first-order valence-electron chi connectivity index (χ1n) is 6.43. The molecule has 0 bridgehead atoms. The van der Waals surface area contributed by atoms with Crippen LogP contribution in [0.5, 0.6) is 0 Å². The first kappa shape index (κ1) is 13.9. The SMILES string of the molecule is CCOCCN(CC)CC1(O)CCNCC1. The van der Waals surface area contributed by atoms with Crippen molar-refractivity contribution >= 4 is 0 Å². The van der Waals surface area contributed by atoms with Crippen LogP contribution >= 0.6 is 0 Å². The number of nitrogens with zero attached hydrogens (tertiary/aromatic N) is 1. The van der Waals surface area contributed by atoms with Crippen LogP contribution in [0.1, 0.15) is 26.7 Å². The van der Waals surface area contributed by atoms with Crippen molar-refractivity contribution in [2.24, 2.45) is 0 Å². The number of aliphatic hydroxyl groups is 1. The third-order valence-electron chi connectivity index (χ3n) is 3.26. The Morgan fingerprint density at radius 1 is 1.31 bits per heavy atom. The van der Waals surface area contributed by atoms with Crippen LogP contribution in [-0.2, 0) is 4.74 Å². The normalized spacial score (nSPS) is 20.2. The van der Waals surface area contributed by atoms with Crippen LogP contribution in [-0.4, -0.2) is 61.5 Å². The van der Waals surface area contributed by atoms with Gasteiger partial charge in [-0.15, -0.1) is 0 Å². The van der Waals surface area contributed by atoms with Crippen molar-refractivity contribution in [3.05, 3.63) is 0 Å². The molecule has 1 aliphatic heterocycles. The van der Waals surface area contributed by atoms with Crippen LogP contribution < -0.4 is 5.32 Å². The molecule has 0 aromatic rings. The number of rotatable bonds is 7. The lowest BCUT2D eigenvalue weighted by Gasteiger charge is -2.36. The number of nitrogens with one attached hydrogen (secondary N) is 1. The molecular weight excluding hydrogens is 204 g/mol. The van der Waals surface area contributed by atoms with E-state index in [1.54, 1.807) is 0 Å². The van der Waals surface area contributed by atoms with E-state index in [0.29, 0.717) is 0 Å². The number of hydrogen-bond donors (Lipinski definition) is 2. The molecule has 0 spiro atoms. The van der Waals surface area contributed by atoms with Gasteiger partial charge in [0.25, 0.3) is 0 Å². The molecule has 0 aliphatic carbocycles. The Hall–Kier alpha value is -0.160. The Labute approximate surface area is 99.0 Å². The van der Waals surface area contributed by atoms with Gasteiger partial charge in [0.1, 0.15) is 0 Å². The van der Waals surface area contributed by atoms with E-state index in [9.17, 15) is 5.11 Å². The Kier molecular flexibility index (Phi) is 6.28. The van der Waals surface area contributed by atoms with Crippen LogP contribution in [0.4, 0.5) is 0 Å². The molecule has 1 fully saturated rings. The summed E-state index contributed by atoms with van der Waals surface area (Å²) in [5.41, 5.74) is -0.493. The molecular formula is C12H26N2O2. The van der Waals surface area contributed by atoms with E-state index in [1.165, 1.54) is 0 Å². The topological polar surface area (TPSA) is 44.7 Å². The quantitative estimate of drug-likeness (QED) is 0.624. The zero-order chi connectivity index (χ0) is 11.9. The standard InChI is InChI=1S/C12H26N2O2/c1-3-14(9-10-16-4-2)11-12(15)5-7-13-8-6-12/h13,15H,3-11H2,1-2H3. The van der Waals surface area contributed by atoms with Crippen LogP contribution in [0.3, 0.4) is 0 Å². The highest BCUT2D eigenvalue weighted by molar-refractivity contribution is 4.87. The van der Waals surface area contributed by atoms with Crippen molar-refractivity contribution in [2.45, 2.75) is 32.3 Å². The maximum Gasteiger partial charge on any atom is 0.0798 e. The molecule has 0 aromatic heterocycles. The van der Waals surface area contributed by atoms with E-state index in [1.807, 2.05) is 6.92 Å². The minimum absolute atomic E-state index is 0.493. The Balaban J connectivity index is 2.29. The number of piperidine rings is 1. The number of hydrogen-bond acceptors (Lipinski definition) is 4. The van der Waals surface area contributed by atoms with Crippen LogP contribution in [0.25, 0.3) is 0 Å². The molecule has 1 heterocycles. The minimum atomic E-state index is -0.493. The highest BCUT2D eigenvalue weighted by Gasteiger charge is 2.30. The summed E-state index contributed by atoms with van der Waals surface area (Å²) in [6.45, 7) is 10.2. The fourth-order valence-corrected chi connectivity index (χ4v) is 2.15. The van der Waals surface area contributed by atoms with E-state index in [4.69, 9.17) is 4.74 Å². The van der Waals surface area contributed by atoms with E-state index in [-0.39, 0.29) is 0 Å². The summed E-state index contributed by atoms with van der Waals surface area (Å²) in [4.78, 5) is 2.28. The first-order chi connectivity index (χ1) is 7.70. The largest absolute Gasteiger partial charge is 0.388 e. The highest BCUT2D eigenvalue weighted by Crippen LogP contribution is 2.19. The van der Waals surface area contributed by atoms with Crippen molar-refractivity contribution in [2.75, 3.05) is 45.9 Å². The van der Waals surface area contributed by atoms with Crippen molar-refractivity contribution < 1.29 is 9.84 Å². The fourth-order valence-electron chi connectivity index (χ4n) is 2.15. The zero-order valence-electron chi connectivity index (χ0n) is 10.7. The van der Waals surface area contributed by atoms with Crippen LogP contribution in [0, 0.1) is 0 Å². The van der Waals surface area contributed by atoms with Crippen LogP contribution in [0.15, 0.2) is 0 Å². The summed E-state index contributed by atoms with van der Waals surface area (Å²) in [5.74, 6) is 0. The first-order valence-corrected chi connectivity index (χ1v) is 6.43. The van der Waals surface area contributed by atoms with Gasteiger partial charge in [0, 0.05) is 19.7 Å². The Bertz CT molecular complexity index is 182. The van der Waals surface area contributed by atoms with Gasteiger partial charge in [-0.2, -0.15) is 0 Å². The fraction of sp³-hybridized carbons (Fsp3) is 1.00. The molecule has 16 heavy (non-hydrogen) atoms. The zero-order valence-corrected chi connectivity index (χ0v) is 10.7. The van der Waals surface area contributed by atoms with Gasteiger partial charge in [0.2, 0.25) is 0 Å². The molecule has 4 heteroatoms. The molecule has 4 nitrogen and oxygen atoms in total. The molecule has 1 rings (SSSR count). The van der Waals surface area contributed by atoms with Gasteiger partial charge in [0.05, 0.1) is 12.2 Å². The van der Waals surface area contributed by atoms with Gasteiger partial charge < -0.3 is 15.2 Å². The summed E-state index contributed by atoms with van der Waals surface area (Å²) in [7, 11) is 0. The second-order valence-electron chi connectivity index (χ2n) is 4.54. The Morgan fingerprint density at radius 2 is 2.00 bits per heavy atom. The lowest BCUT2D eigenvalue weighted by Crippen LogP contribution is -2.50. The molecule has 0 atom stereocenters. The van der Waals surface area contributed by atoms with E-state index < -0.39 is 5.60 Å². The molecule has 2 N–H and O–H groups in total. The van der Waals surface area contributed by atoms with Crippen molar-refractivity contribution in [3.63, 3.8) is 0 Å². The maximum atomic E-state index is 10.4. The summed E-state index contributed by atoms with van der Waals surface area (Å²) >= 11 is 0. The summed E-state index contributed by atoms with van der Waals surface area (Å²) in [6.07, 6.45) is 1.72. The average molecular weight is 230 g/mol. The molecule has 1 aliphatic rings. The lowest BCUT2D eigenvalue weighted by atomic mass is 9.92. The van der Waals surface area contributed by atoms with Gasteiger partial charge in [-0.05, 0) is 39.4 Å². The molecule has 0 unspecified atom stereocenters. The summed E-state index contributed by atoms with van der Waals surface area (Å²) < 4.78 is 5.35. The summed E-state index contributed by atoms with van der Waals surface area (Å²) in [5, 5.41) is 13.7. The van der Waals surface area contributed by atoms with Gasteiger partial charge in [0.15, 0.2) is 0 Å². The molecule has 0 amide bonds. The minimum Gasteiger partial charge on any atom is -0.388 e. The van der Waals surface area contributed by atoms with Gasteiger partial charge in [-0.3, -0.25) is 4.90 Å². The van der Waals surface area contributed by atoms with E-state index in [0.717, 1.165) is 58.8 Å². The predicted molar refractivity (Wildman–Crippen MR) is 65.7 cm³/mol. The average Bonchev–Trinajstić information content (AvgIpc) is 2.29. The van der Waals surface area contributed by atoms with Gasteiger partial charge >= 0.3 is 0 Å². The monoisotopic (exact) mass is 230 g/mol. The predicted octanol–water partition coefficient (Wildman–Crippen LogP) is 0.459. The smallest absolute Gasteiger partial charge is 0.0798 e. The molecule has 1 saturated heterocycles. The summed E-state index contributed by atoms with van der Waals surface area (Å²) in [6, 6.07) is 0. The van der Waals surface area contributed by atoms with Gasteiger partial charge in [-0.1, -0.05) is 6.92 Å². The van der Waals surface area contributed by atoms with E-state index >= 15 is 0 Å². The van der Waals surface area contributed by atoms with Crippen molar-refractivity contribution in [3.8, 4) is 0 Å². The van der Waals surface area contributed by atoms with Gasteiger partial charge in [-0.25, -0.2) is 0 Å². The highest BCUT2D eigenvalue weighted by atomic mass is 16.5. The number of ether oxygens (including phenoxy) is 1. The molecule has 96 valence electrons. The number of likely N-dealkylation sites (N-methyl/N-ethyl adjacent to an activating group) is 1. The Morgan fingerprint density at radius 3 is 2.56 bits per heavy atom. The van der Waals surface area contributed by atoms with Crippen LogP contribution in [0.2, 0.25) is 0 Å². The molecule has 0 saturated carbocycles. The molecule has 0 radical (unpaired) electrons. The molecule has 0 aromatic carbocycles. The van der Waals surface area contributed by atoms with E-state index in [2.05, 4.69) is 17.1 Å². The van der Waals surface area contributed by atoms with Crippen molar-refractivity contribution in [1.82, 2.24) is 10.2 Å². The van der Waals surface area contributed by atoms with Crippen molar-refractivity contribution in [1.29, 1.82) is 0 Å². The third-order valence-corrected chi connectivity index (χ3v) is 3.26. The second kappa shape index (κ2) is 7.22. The maximum absolute atomic E-state index is 10.4. The lowest BCUT2D eigenvalue weighted by molar-refractivity contribution is -0.0249. The second-order valence-corrected chi connectivity index (χ2v) is 4.54. The third kappa shape index (κ3) is 4.78.